The van der Waals surface area contributed by atoms with E-state index in [2.05, 4.69) is 57.4 Å². The number of hydrogen-bond donors (Lipinski definition) is 1. The topological polar surface area (TPSA) is 24.9 Å². The van der Waals surface area contributed by atoms with Gasteiger partial charge in [0.2, 0.25) is 0 Å². The molecule has 1 aromatic carbocycles. The van der Waals surface area contributed by atoms with Crippen molar-refractivity contribution in [2.24, 2.45) is 0 Å². The lowest BCUT2D eigenvalue weighted by Crippen LogP contribution is -1.95. The zero-order chi connectivity index (χ0) is 12.5. The van der Waals surface area contributed by atoms with Gasteiger partial charge in [0.1, 0.15) is 0 Å². The van der Waals surface area contributed by atoms with Crippen molar-refractivity contribution in [1.82, 2.24) is 4.98 Å². The number of benzene rings is 1. The maximum Gasteiger partial charge on any atom is 0.0611 e. The van der Waals surface area contributed by atoms with Gasteiger partial charge in [0.25, 0.3) is 0 Å². The molecule has 0 unspecified atom stereocenters. The number of pyridine rings is 1. The van der Waals surface area contributed by atoms with Crippen molar-refractivity contribution in [2.45, 2.75) is 25.7 Å². The Balaban J connectivity index is 1.81. The van der Waals surface area contributed by atoms with Crippen molar-refractivity contribution in [3.05, 3.63) is 52.3 Å². The molecule has 92 valence electrons. The van der Waals surface area contributed by atoms with E-state index in [9.17, 15) is 0 Å². The highest BCUT2D eigenvalue weighted by Crippen LogP contribution is 2.40. The molecule has 0 radical (unpaired) electrons. The smallest absolute Gasteiger partial charge is 0.0611 e. The fourth-order valence-corrected chi connectivity index (χ4v) is 2.37. The third kappa shape index (κ3) is 2.41. The second-order valence-electron chi connectivity index (χ2n) is 4.82. The highest BCUT2D eigenvalue weighted by molar-refractivity contribution is 9.10. The monoisotopic (exact) mass is 302 g/mol. The van der Waals surface area contributed by atoms with Crippen LogP contribution in [0, 0.1) is 6.92 Å². The Labute approximate surface area is 116 Å². The summed E-state index contributed by atoms with van der Waals surface area (Å²) in [5.74, 6) is 0.813. The minimum Gasteiger partial charge on any atom is -0.354 e. The van der Waals surface area contributed by atoms with Crippen molar-refractivity contribution in [1.29, 1.82) is 0 Å². The quantitative estimate of drug-likeness (QED) is 0.883. The Morgan fingerprint density at radius 1 is 1.17 bits per heavy atom. The van der Waals surface area contributed by atoms with Crippen LogP contribution in [0.25, 0.3) is 0 Å². The Hall–Kier alpha value is -1.35. The van der Waals surface area contributed by atoms with Crippen LogP contribution in [0.5, 0.6) is 0 Å². The summed E-state index contributed by atoms with van der Waals surface area (Å²) >= 11 is 3.50. The Morgan fingerprint density at radius 3 is 2.56 bits per heavy atom. The maximum absolute atomic E-state index is 4.19. The van der Waals surface area contributed by atoms with E-state index in [4.69, 9.17) is 0 Å². The van der Waals surface area contributed by atoms with E-state index in [0.29, 0.717) is 0 Å². The lowest BCUT2D eigenvalue weighted by molar-refractivity contribution is 1.13. The Kier molecular flexibility index (Phi) is 3.08. The van der Waals surface area contributed by atoms with E-state index in [1.807, 2.05) is 12.4 Å². The second kappa shape index (κ2) is 4.73. The van der Waals surface area contributed by atoms with Crippen LogP contribution < -0.4 is 5.32 Å². The zero-order valence-corrected chi connectivity index (χ0v) is 11.9. The highest BCUT2D eigenvalue weighted by Gasteiger charge is 2.22. The van der Waals surface area contributed by atoms with Crippen molar-refractivity contribution in [2.75, 3.05) is 5.32 Å². The molecule has 3 rings (SSSR count). The van der Waals surface area contributed by atoms with Gasteiger partial charge in [-0.25, -0.2) is 0 Å². The molecule has 18 heavy (non-hydrogen) atoms. The van der Waals surface area contributed by atoms with Crippen molar-refractivity contribution in [3.63, 3.8) is 0 Å². The van der Waals surface area contributed by atoms with E-state index >= 15 is 0 Å². The minimum atomic E-state index is 0.813. The van der Waals surface area contributed by atoms with Gasteiger partial charge in [-0.1, -0.05) is 12.1 Å². The van der Waals surface area contributed by atoms with E-state index in [-0.39, 0.29) is 0 Å². The maximum atomic E-state index is 4.19. The molecule has 3 heteroatoms. The van der Waals surface area contributed by atoms with Crippen LogP contribution in [0.1, 0.15) is 29.9 Å². The molecule has 0 bridgehead atoms. The molecule has 1 aliphatic carbocycles. The predicted octanol–water partition coefficient (Wildman–Crippen LogP) is 4.77. The van der Waals surface area contributed by atoms with Gasteiger partial charge in [0, 0.05) is 16.4 Å². The fourth-order valence-electron chi connectivity index (χ4n) is 2.04. The SMILES string of the molecule is Cc1c(Br)cncc1Nc1ccc(C2CC2)cc1. The fraction of sp³-hybridized carbons (Fsp3) is 0.267. The summed E-state index contributed by atoms with van der Waals surface area (Å²) in [7, 11) is 0. The lowest BCUT2D eigenvalue weighted by atomic mass is 10.1. The molecule has 1 aliphatic rings. The summed E-state index contributed by atoms with van der Waals surface area (Å²) in [4.78, 5) is 4.19. The van der Waals surface area contributed by atoms with Crippen molar-refractivity contribution >= 4 is 27.3 Å². The van der Waals surface area contributed by atoms with Crippen molar-refractivity contribution < 1.29 is 0 Å². The molecule has 0 saturated heterocycles. The van der Waals surface area contributed by atoms with Crippen molar-refractivity contribution in [3.8, 4) is 0 Å². The van der Waals surface area contributed by atoms with E-state index in [0.717, 1.165) is 21.8 Å². The molecule has 0 atom stereocenters. The Bertz CT molecular complexity index is 559. The average molecular weight is 303 g/mol. The summed E-state index contributed by atoms with van der Waals surface area (Å²) in [6.07, 6.45) is 6.37. The molecule has 0 amide bonds. The molecule has 1 N–H and O–H groups in total. The van der Waals surface area contributed by atoms with Gasteiger partial charge in [-0.2, -0.15) is 0 Å². The van der Waals surface area contributed by atoms with Gasteiger partial charge in [0.15, 0.2) is 0 Å². The van der Waals surface area contributed by atoms with Gasteiger partial charge in [-0.3, -0.25) is 4.98 Å². The van der Waals surface area contributed by atoms with Gasteiger partial charge < -0.3 is 5.32 Å². The van der Waals surface area contributed by atoms with Gasteiger partial charge >= 0.3 is 0 Å². The summed E-state index contributed by atoms with van der Waals surface area (Å²) in [5, 5.41) is 3.41. The molecule has 2 aromatic rings. The third-order valence-electron chi connectivity index (χ3n) is 3.39. The molecule has 0 aliphatic heterocycles. The molecule has 1 aromatic heterocycles. The average Bonchev–Trinajstić information content (AvgIpc) is 3.20. The summed E-state index contributed by atoms with van der Waals surface area (Å²) in [5.41, 5.74) is 4.80. The first-order chi connectivity index (χ1) is 8.74. The molecule has 1 fully saturated rings. The summed E-state index contributed by atoms with van der Waals surface area (Å²) < 4.78 is 1.03. The number of aromatic nitrogens is 1. The predicted molar refractivity (Wildman–Crippen MR) is 78.4 cm³/mol. The normalized spacial score (nSPS) is 14.6. The molecule has 0 spiro atoms. The minimum absolute atomic E-state index is 0.813. The molecule has 1 saturated carbocycles. The highest BCUT2D eigenvalue weighted by atomic mass is 79.9. The molecule has 2 nitrogen and oxygen atoms in total. The van der Waals surface area contributed by atoms with Crippen LogP contribution in [0.2, 0.25) is 0 Å². The standard InChI is InChI=1S/C15H15BrN2/c1-10-14(16)8-17-9-15(10)18-13-6-4-12(5-7-13)11-2-3-11/h4-9,11,18H,2-3H2,1H3. The largest absolute Gasteiger partial charge is 0.354 e. The Morgan fingerprint density at radius 2 is 1.89 bits per heavy atom. The molecular formula is C15H15BrN2. The first kappa shape index (κ1) is 11.7. The molecular weight excluding hydrogens is 288 g/mol. The van der Waals surface area contributed by atoms with Crippen LogP contribution in [0.4, 0.5) is 11.4 Å². The van der Waals surface area contributed by atoms with E-state index < -0.39 is 0 Å². The number of nitrogens with one attached hydrogen (secondary N) is 1. The second-order valence-corrected chi connectivity index (χ2v) is 5.67. The van der Waals surface area contributed by atoms with Crippen LogP contribution in [0.3, 0.4) is 0 Å². The van der Waals surface area contributed by atoms with Crippen LogP contribution in [-0.4, -0.2) is 4.98 Å². The zero-order valence-electron chi connectivity index (χ0n) is 10.3. The third-order valence-corrected chi connectivity index (χ3v) is 4.19. The number of nitrogens with zero attached hydrogens (tertiary/aromatic N) is 1. The van der Waals surface area contributed by atoms with Crippen LogP contribution >= 0.6 is 15.9 Å². The van der Waals surface area contributed by atoms with Gasteiger partial charge in [0.05, 0.1) is 11.9 Å². The van der Waals surface area contributed by atoms with E-state index in [1.54, 1.807) is 0 Å². The van der Waals surface area contributed by atoms with Gasteiger partial charge in [-0.15, -0.1) is 0 Å². The van der Waals surface area contributed by atoms with E-state index in [1.165, 1.54) is 24.0 Å². The summed E-state index contributed by atoms with van der Waals surface area (Å²) in [6.45, 7) is 2.08. The van der Waals surface area contributed by atoms with Crippen LogP contribution in [-0.2, 0) is 0 Å². The van der Waals surface area contributed by atoms with Gasteiger partial charge in [-0.05, 0) is 64.9 Å². The number of hydrogen-bond acceptors (Lipinski definition) is 2. The number of anilines is 2. The first-order valence-electron chi connectivity index (χ1n) is 6.21. The number of rotatable bonds is 3. The molecule has 1 heterocycles. The first-order valence-corrected chi connectivity index (χ1v) is 7.00. The summed E-state index contributed by atoms with van der Waals surface area (Å²) in [6, 6.07) is 8.74. The number of halogens is 1. The lowest BCUT2D eigenvalue weighted by Gasteiger charge is -2.10. The van der Waals surface area contributed by atoms with Crippen LogP contribution in [0.15, 0.2) is 41.1 Å².